The number of aliphatic hydroxyl groups is 1. The standard InChI is InChI=1S/C11H15N3O3S/c1-9(2)13-18(16,17)14-11-7-3-5-10(12-11)6-4-8-15/h3,5,7,9,13,15H,8H2,1-2H3,(H,12,14). The number of nitrogens with zero attached hydrogens (tertiary/aromatic N) is 1. The molecule has 6 nitrogen and oxygen atoms in total. The molecule has 0 aliphatic rings. The Balaban J connectivity index is 2.85. The average molecular weight is 269 g/mol. The van der Waals surface area contributed by atoms with E-state index in [0.29, 0.717) is 5.69 Å². The zero-order valence-electron chi connectivity index (χ0n) is 10.1. The predicted octanol–water partition coefficient (Wildman–Crippen LogP) is 0.0801. The van der Waals surface area contributed by atoms with E-state index in [2.05, 4.69) is 26.3 Å². The van der Waals surface area contributed by atoms with E-state index in [-0.39, 0.29) is 18.5 Å². The summed E-state index contributed by atoms with van der Waals surface area (Å²) in [6.45, 7) is 3.16. The van der Waals surface area contributed by atoms with E-state index < -0.39 is 10.2 Å². The molecule has 1 aromatic rings. The van der Waals surface area contributed by atoms with Crippen molar-refractivity contribution < 1.29 is 13.5 Å². The molecule has 0 amide bonds. The normalized spacial score (nSPS) is 10.9. The maximum atomic E-state index is 11.6. The van der Waals surface area contributed by atoms with E-state index in [1.54, 1.807) is 26.0 Å². The molecule has 0 aliphatic heterocycles. The van der Waals surface area contributed by atoms with Crippen LogP contribution in [0.5, 0.6) is 0 Å². The van der Waals surface area contributed by atoms with Gasteiger partial charge in [-0.05, 0) is 31.9 Å². The Labute approximate surface area is 107 Å². The Morgan fingerprint density at radius 2 is 2.17 bits per heavy atom. The molecule has 3 N–H and O–H groups in total. The van der Waals surface area contributed by atoms with Crippen molar-refractivity contribution in [2.24, 2.45) is 0 Å². The summed E-state index contributed by atoms with van der Waals surface area (Å²) < 4.78 is 27.9. The van der Waals surface area contributed by atoms with Crippen LogP contribution in [-0.4, -0.2) is 31.2 Å². The molecule has 0 radical (unpaired) electrons. The molecule has 0 aromatic carbocycles. The summed E-state index contributed by atoms with van der Waals surface area (Å²) in [5.41, 5.74) is 0.383. The third kappa shape index (κ3) is 5.14. The maximum Gasteiger partial charge on any atom is 0.300 e. The summed E-state index contributed by atoms with van der Waals surface area (Å²) in [5.74, 6) is 5.21. The minimum Gasteiger partial charge on any atom is -0.384 e. The molecule has 7 heteroatoms. The van der Waals surface area contributed by atoms with Gasteiger partial charge in [-0.3, -0.25) is 4.72 Å². The highest BCUT2D eigenvalue weighted by molar-refractivity contribution is 7.90. The second-order valence-corrected chi connectivity index (χ2v) is 5.19. The fourth-order valence-electron chi connectivity index (χ4n) is 1.17. The van der Waals surface area contributed by atoms with E-state index in [4.69, 9.17) is 5.11 Å². The molecular formula is C11H15N3O3S. The summed E-state index contributed by atoms with van der Waals surface area (Å²) in [4.78, 5) is 3.99. The highest BCUT2D eigenvalue weighted by Crippen LogP contribution is 2.05. The van der Waals surface area contributed by atoms with Gasteiger partial charge in [0.25, 0.3) is 10.2 Å². The molecule has 0 aliphatic carbocycles. The molecule has 1 rings (SSSR count). The molecule has 0 spiro atoms. The molecule has 0 fully saturated rings. The van der Waals surface area contributed by atoms with E-state index >= 15 is 0 Å². The van der Waals surface area contributed by atoms with Crippen LogP contribution >= 0.6 is 0 Å². The largest absolute Gasteiger partial charge is 0.384 e. The minimum atomic E-state index is -3.63. The first-order chi connectivity index (χ1) is 8.43. The third-order valence-corrected chi connectivity index (χ3v) is 2.93. The first kappa shape index (κ1) is 14.4. The molecule has 0 unspecified atom stereocenters. The molecule has 0 bridgehead atoms. The van der Waals surface area contributed by atoms with Gasteiger partial charge in [0.15, 0.2) is 0 Å². The monoisotopic (exact) mass is 269 g/mol. The van der Waals surface area contributed by atoms with Gasteiger partial charge in [0.05, 0.1) is 0 Å². The number of hydrogen-bond donors (Lipinski definition) is 3. The van der Waals surface area contributed by atoms with Gasteiger partial charge in [-0.2, -0.15) is 13.1 Å². The van der Waals surface area contributed by atoms with Gasteiger partial charge in [-0.25, -0.2) is 4.98 Å². The number of aromatic nitrogens is 1. The molecule has 0 saturated heterocycles. The van der Waals surface area contributed by atoms with Crippen molar-refractivity contribution in [3.05, 3.63) is 23.9 Å². The minimum absolute atomic E-state index is 0.174. The van der Waals surface area contributed by atoms with Crippen molar-refractivity contribution in [1.82, 2.24) is 9.71 Å². The lowest BCUT2D eigenvalue weighted by molar-refractivity contribution is 0.350. The number of rotatable bonds is 4. The van der Waals surface area contributed by atoms with Crippen LogP contribution in [0.2, 0.25) is 0 Å². The number of pyridine rings is 1. The van der Waals surface area contributed by atoms with Crippen LogP contribution in [0.15, 0.2) is 18.2 Å². The maximum absolute atomic E-state index is 11.6. The fourth-order valence-corrected chi connectivity index (χ4v) is 2.24. The van der Waals surface area contributed by atoms with Crippen LogP contribution in [0, 0.1) is 11.8 Å². The van der Waals surface area contributed by atoms with Crippen LogP contribution in [0.3, 0.4) is 0 Å². The Kier molecular flexibility index (Phi) is 5.09. The molecule has 1 heterocycles. The van der Waals surface area contributed by atoms with Crippen LogP contribution in [-0.2, 0) is 10.2 Å². The lowest BCUT2D eigenvalue weighted by Crippen LogP contribution is -2.35. The van der Waals surface area contributed by atoms with Crippen molar-refractivity contribution in [2.45, 2.75) is 19.9 Å². The van der Waals surface area contributed by atoms with Gasteiger partial charge < -0.3 is 5.11 Å². The van der Waals surface area contributed by atoms with E-state index in [1.807, 2.05) is 0 Å². The lowest BCUT2D eigenvalue weighted by Gasteiger charge is -2.10. The summed E-state index contributed by atoms with van der Waals surface area (Å²) in [6, 6.07) is 4.56. The molecule has 98 valence electrons. The van der Waals surface area contributed by atoms with Gasteiger partial charge in [0, 0.05) is 6.04 Å². The van der Waals surface area contributed by atoms with Crippen molar-refractivity contribution in [2.75, 3.05) is 11.3 Å². The van der Waals surface area contributed by atoms with Gasteiger partial charge in [-0.15, -0.1) is 0 Å². The topological polar surface area (TPSA) is 91.3 Å². The van der Waals surface area contributed by atoms with Gasteiger partial charge in [0.2, 0.25) is 0 Å². The second kappa shape index (κ2) is 6.35. The summed E-state index contributed by atoms with van der Waals surface area (Å²) in [6.07, 6.45) is 0. The molecule has 0 atom stereocenters. The summed E-state index contributed by atoms with van der Waals surface area (Å²) in [5, 5.41) is 8.56. The van der Waals surface area contributed by atoms with E-state index in [0.717, 1.165) is 0 Å². The average Bonchev–Trinajstić information content (AvgIpc) is 2.24. The number of anilines is 1. The Bertz CT molecular complexity index is 558. The zero-order chi connectivity index (χ0) is 13.6. The van der Waals surface area contributed by atoms with Crippen molar-refractivity contribution >= 4 is 16.0 Å². The van der Waals surface area contributed by atoms with E-state index in [9.17, 15) is 8.42 Å². The fraction of sp³-hybridized carbons (Fsp3) is 0.364. The smallest absolute Gasteiger partial charge is 0.300 e. The number of hydrogen-bond acceptors (Lipinski definition) is 4. The van der Waals surface area contributed by atoms with Crippen LogP contribution < -0.4 is 9.44 Å². The van der Waals surface area contributed by atoms with Gasteiger partial charge in [0.1, 0.15) is 18.1 Å². The molecular weight excluding hydrogens is 254 g/mol. The Morgan fingerprint density at radius 1 is 1.44 bits per heavy atom. The van der Waals surface area contributed by atoms with E-state index in [1.165, 1.54) is 6.07 Å². The van der Waals surface area contributed by atoms with Crippen molar-refractivity contribution in [1.29, 1.82) is 0 Å². The SMILES string of the molecule is CC(C)NS(=O)(=O)Nc1cccc(C#CCO)n1. The van der Waals surface area contributed by atoms with Crippen LogP contribution in [0.1, 0.15) is 19.5 Å². The second-order valence-electron chi connectivity index (χ2n) is 3.75. The predicted molar refractivity (Wildman–Crippen MR) is 69.0 cm³/mol. The Hall–Kier alpha value is -1.62. The van der Waals surface area contributed by atoms with Gasteiger partial charge in [-0.1, -0.05) is 12.0 Å². The van der Waals surface area contributed by atoms with Crippen LogP contribution in [0.25, 0.3) is 0 Å². The van der Waals surface area contributed by atoms with Crippen LogP contribution in [0.4, 0.5) is 5.82 Å². The molecule has 0 saturated carbocycles. The third-order valence-electron chi connectivity index (χ3n) is 1.67. The highest BCUT2D eigenvalue weighted by atomic mass is 32.2. The zero-order valence-corrected chi connectivity index (χ0v) is 11.0. The quantitative estimate of drug-likeness (QED) is 0.675. The Morgan fingerprint density at radius 3 is 2.78 bits per heavy atom. The highest BCUT2D eigenvalue weighted by Gasteiger charge is 2.11. The lowest BCUT2D eigenvalue weighted by atomic mass is 10.3. The molecule has 1 aromatic heterocycles. The first-order valence-electron chi connectivity index (χ1n) is 5.30. The van der Waals surface area contributed by atoms with Crippen molar-refractivity contribution in [3.63, 3.8) is 0 Å². The van der Waals surface area contributed by atoms with Crippen molar-refractivity contribution in [3.8, 4) is 11.8 Å². The summed E-state index contributed by atoms with van der Waals surface area (Å²) >= 11 is 0. The summed E-state index contributed by atoms with van der Waals surface area (Å²) in [7, 11) is -3.63. The molecule has 18 heavy (non-hydrogen) atoms. The number of nitrogens with one attached hydrogen (secondary N) is 2. The number of aliphatic hydroxyl groups excluding tert-OH is 1. The van der Waals surface area contributed by atoms with Gasteiger partial charge >= 0.3 is 0 Å². The first-order valence-corrected chi connectivity index (χ1v) is 6.78.